The molecule has 2 radical (unpaired) electrons. The Morgan fingerprint density at radius 1 is 1.18 bits per heavy atom. The maximum absolute atomic E-state index is 5.61. The van der Waals surface area contributed by atoms with Gasteiger partial charge in [0.15, 0.2) is 0 Å². The van der Waals surface area contributed by atoms with Crippen LogP contribution in [-0.2, 0) is 12.8 Å². The van der Waals surface area contributed by atoms with E-state index in [1.165, 1.54) is 35.2 Å². The number of hydrogen-bond acceptors (Lipinski definition) is 3. The van der Waals surface area contributed by atoms with Crippen molar-refractivity contribution < 1.29 is 0 Å². The summed E-state index contributed by atoms with van der Waals surface area (Å²) in [6.07, 6.45) is 5.51. The second-order valence-corrected chi connectivity index (χ2v) is 6.16. The number of para-hydroxylation sites is 1. The fourth-order valence-corrected chi connectivity index (χ4v) is 3.28. The number of aromatic nitrogens is 1. The van der Waals surface area contributed by atoms with Gasteiger partial charge in [-0.05, 0) is 50.9 Å². The minimum Gasteiger partial charge on any atom is -0.383 e. The van der Waals surface area contributed by atoms with Crippen molar-refractivity contribution in [1.82, 2.24) is 9.88 Å². The van der Waals surface area contributed by atoms with Crippen LogP contribution in [0.5, 0.6) is 0 Å². The molecule has 0 bridgehead atoms. The van der Waals surface area contributed by atoms with Gasteiger partial charge in [0.05, 0.1) is 13.4 Å². The highest BCUT2D eigenvalue weighted by Crippen LogP contribution is 2.33. The molecule has 0 unspecified atom stereocenters. The predicted molar refractivity (Wildman–Crippen MR) is 94.9 cm³/mol. The normalized spacial score (nSPS) is 14.3. The van der Waals surface area contributed by atoms with Gasteiger partial charge in [-0.15, -0.1) is 0 Å². The molecule has 1 aromatic carbocycles. The average Bonchev–Trinajstić information content (AvgIpc) is 2.54. The molecule has 1 aliphatic rings. The van der Waals surface area contributed by atoms with Crippen molar-refractivity contribution in [2.24, 2.45) is 0 Å². The first-order valence-corrected chi connectivity index (χ1v) is 8.32. The van der Waals surface area contributed by atoms with Gasteiger partial charge in [-0.2, -0.15) is 0 Å². The molecule has 1 aromatic heterocycles. The SMILES string of the molecule is [B]CCN(C)CCNc1c2c(nc3ccccc13)CCCC2. The number of hydrogen-bond donors (Lipinski definition) is 1. The zero-order chi connectivity index (χ0) is 15.4. The molecule has 1 N–H and O–H groups in total. The zero-order valence-corrected chi connectivity index (χ0v) is 13.4. The highest BCUT2D eigenvalue weighted by atomic mass is 15.1. The fraction of sp³-hybridized carbons (Fsp3) is 0.500. The minimum atomic E-state index is 0.712. The molecule has 0 fully saturated rings. The molecule has 2 aromatic rings. The van der Waals surface area contributed by atoms with Gasteiger partial charge in [0.1, 0.15) is 0 Å². The maximum atomic E-state index is 5.61. The number of benzene rings is 1. The molecule has 1 aliphatic carbocycles. The van der Waals surface area contributed by atoms with Crippen molar-refractivity contribution >= 4 is 24.4 Å². The number of nitrogens with zero attached hydrogens (tertiary/aromatic N) is 2. The Labute approximate surface area is 134 Å². The number of anilines is 1. The Morgan fingerprint density at radius 3 is 2.86 bits per heavy atom. The Morgan fingerprint density at radius 2 is 2.00 bits per heavy atom. The molecule has 3 rings (SSSR count). The van der Waals surface area contributed by atoms with Crippen molar-refractivity contribution in [3.8, 4) is 0 Å². The topological polar surface area (TPSA) is 28.2 Å². The summed E-state index contributed by atoms with van der Waals surface area (Å²) in [5, 5.41) is 4.94. The van der Waals surface area contributed by atoms with Crippen LogP contribution in [0.3, 0.4) is 0 Å². The number of pyridine rings is 1. The molecule has 4 heteroatoms. The first kappa shape index (κ1) is 15.4. The van der Waals surface area contributed by atoms with Gasteiger partial charge < -0.3 is 10.2 Å². The molecule has 22 heavy (non-hydrogen) atoms. The smallest absolute Gasteiger partial charge is 0.0726 e. The van der Waals surface area contributed by atoms with E-state index in [0.29, 0.717) is 6.32 Å². The van der Waals surface area contributed by atoms with Gasteiger partial charge in [0, 0.05) is 29.9 Å². The monoisotopic (exact) mass is 293 g/mol. The Kier molecular flexibility index (Phi) is 4.99. The number of fused-ring (bicyclic) bond motifs is 2. The average molecular weight is 293 g/mol. The summed E-state index contributed by atoms with van der Waals surface area (Å²) in [7, 11) is 7.73. The van der Waals surface area contributed by atoms with Crippen molar-refractivity contribution in [2.75, 3.05) is 32.0 Å². The quantitative estimate of drug-likeness (QED) is 0.830. The lowest BCUT2D eigenvalue weighted by atomic mass is 9.92. The molecule has 114 valence electrons. The van der Waals surface area contributed by atoms with Gasteiger partial charge in [0.2, 0.25) is 0 Å². The van der Waals surface area contributed by atoms with Crippen LogP contribution in [0.2, 0.25) is 6.32 Å². The molecule has 0 atom stereocenters. The van der Waals surface area contributed by atoms with Crippen LogP contribution in [-0.4, -0.2) is 44.4 Å². The van der Waals surface area contributed by atoms with Crippen LogP contribution in [0.4, 0.5) is 5.69 Å². The maximum Gasteiger partial charge on any atom is 0.0726 e. The lowest BCUT2D eigenvalue weighted by Gasteiger charge is -2.23. The van der Waals surface area contributed by atoms with E-state index >= 15 is 0 Å². The van der Waals surface area contributed by atoms with Gasteiger partial charge in [-0.1, -0.05) is 24.5 Å². The van der Waals surface area contributed by atoms with E-state index < -0.39 is 0 Å². The largest absolute Gasteiger partial charge is 0.383 e. The van der Waals surface area contributed by atoms with Gasteiger partial charge in [-0.3, -0.25) is 4.98 Å². The number of rotatable bonds is 6. The van der Waals surface area contributed by atoms with Crippen LogP contribution in [0.25, 0.3) is 10.9 Å². The summed E-state index contributed by atoms with van der Waals surface area (Å²) >= 11 is 0. The summed E-state index contributed by atoms with van der Waals surface area (Å²) in [4.78, 5) is 7.15. The molecule has 0 spiro atoms. The van der Waals surface area contributed by atoms with Crippen LogP contribution in [0, 0.1) is 0 Å². The summed E-state index contributed by atoms with van der Waals surface area (Å²) in [5.74, 6) is 0. The summed E-state index contributed by atoms with van der Waals surface area (Å²) in [5.41, 5.74) is 5.15. The molecule has 1 heterocycles. The van der Waals surface area contributed by atoms with Gasteiger partial charge in [-0.25, -0.2) is 0 Å². The molecular weight excluding hydrogens is 269 g/mol. The number of likely N-dealkylation sites (N-methyl/N-ethyl adjacent to an activating group) is 1. The Hall–Kier alpha value is -1.55. The van der Waals surface area contributed by atoms with Crippen molar-refractivity contribution in [1.29, 1.82) is 0 Å². The Bertz CT molecular complexity index is 642. The second kappa shape index (κ2) is 7.14. The van der Waals surface area contributed by atoms with Crippen LogP contribution < -0.4 is 5.32 Å². The molecule has 0 amide bonds. The van der Waals surface area contributed by atoms with E-state index in [9.17, 15) is 0 Å². The van der Waals surface area contributed by atoms with Crippen LogP contribution in [0.1, 0.15) is 24.1 Å². The first-order chi connectivity index (χ1) is 10.8. The third kappa shape index (κ3) is 3.27. The van der Waals surface area contributed by atoms with E-state index in [-0.39, 0.29) is 0 Å². The summed E-state index contributed by atoms with van der Waals surface area (Å²) < 4.78 is 0. The zero-order valence-electron chi connectivity index (χ0n) is 13.4. The molecule has 3 nitrogen and oxygen atoms in total. The van der Waals surface area contributed by atoms with Crippen LogP contribution in [0.15, 0.2) is 24.3 Å². The highest BCUT2D eigenvalue weighted by Gasteiger charge is 2.17. The molecular formula is C18H24BN3. The van der Waals surface area contributed by atoms with E-state index in [0.717, 1.165) is 38.0 Å². The lowest BCUT2D eigenvalue weighted by Crippen LogP contribution is -2.26. The highest BCUT2D eigenvalue weighted by molar-refractivity contribution is 6.08. The number of nitrogens with one attached hydrogen (secondary N) is 1. The second-order valence-electron chi connectivity index (χ2n) is 6.16. The van der Waals surface area contributed by atoms with E-state index in [4.69, 9.17) is 12.8 Å². The molecule has 0 saturated heterocycles. The standard InChI is InChI=1S/C18H24BN3/c1-22(12-10-19)13-11-20-18-14-6-2-4-8-16(14)21-17-9-5-3-7-15(17)18/h2,4,6,8H,3,5,7,9-13H2,1H3,(H,20,21). The van der Waals surface area contributed by atoms with E-state index in [1.807, 2.05) is 0 Å². The van der Waals surface area contributed by atoms with Crippen molar-refractivity contribution in [3.05, 3.63) is 35.5 Å². The summed E-state index contributed by atoms with van der Waals surface area (Å²) in [6.45, 7) is 2.89. The lowest BCUT2D eigenvalue weighted by molar-refractivity contribution is 0.367. The first-order valence-electron chi connectivity index (χ1n) is 8.32. The predicted octanol–water partition coefficient (Wildman–Crippen LogP) is 3.04. The molecule has 0 saturated carbocycles. The van der Waals surface area contributed by atoms with E-state index in [1.54, 1.807) is 0 Å². The minimum absolute atomic E-state index is 0.712. The van der Waals surface area contributed by atoms with Gasteiger partial charge in [0.25, 0.3) is 0 Å². The third-order valence-electron chi connectivity index (χ3n) is 4.48. The van der Waals surface area contributed by atoms with Gasteiger partial charge >= 0.3 is 0 Å². The third-order valence-corrected chi connectivity index (χ3v) is 4.48. The van der Waals surface area contributed by atoms with Crippen molar-refractivity contribution in [2.45, 2.75) is 32.0 Å². The molecule has 0 aliphatic heterocycles. The summed E-state index contributed by atoms with van der Waals surface area (Å²) in [6, 6.07) is 8.48. The fourth-order valence-electron chi connectivity index (χ4n) is 3.28. The Balaban J connectivity index is 1.86. The van der Waals surface area contributed by atoms with Crippen LogP contribution >= 0.6 is 0 Å². The van der Waals surface area contributed by atoms with Crippen molar-refractivity contribution in [3.63, 3.8) is 0 Å². The van der Waals surface area contributed by atoms with E-state index in [2.05, 4.69) is 41.5 Å². The number of aryl methyl sites for hydroxylation is 1.